The minimum atomic E-state index is -0.0775. The molecule has 0 radical (unpaired) electrons. The Bertz CT molecular complexity index is 606. The number of benzene rings is 2. The predicted molar refractivity (Wildman–Crippen MR) is 78.4 cm³/mol. The third-order valence-electron chi connectivity index (χ3n) is 2.92. The first-order valence-corrected chi connectivity index (χ1v) is 6.36. The maximum atomic E-state index is 12.4. The number of methoxy groups -OCH3 is 1. The van der Waals surface area contributed by atoms with E-state index in [9.17, 15) is 4.79 Å². The van der Waals surface area contributed by atoms with Gasteiger partial charge < -0.3 is 15.2 Å². The van der Waals surface area contributed by atoms with E-state index < -0.39 is 0 Å². The lowest BCUT2D eigenvalue weighted by Crippen LogP contribution is -2.03. The van der Waals surface area contributed by atoms with Gasteiger partial charge in [0.25, 0.3) is 0 Å². The average molecular weight is 271 g/mol. The van der Waals surface area contributed by atoms with Crippen molar-refractivity contribution in [2.24, 2.45) is 0 Å². The van der Waals surface area contributed by atoms with Crippen LogP contribution in [-0.2, 0) is 0 Å². The molecule has 2 aromatic rings. The Morgan fingerprint density at radius 3 is 2.35 bits per heavy atom. The topological polar surface area (TPSA) is 61.5 Å². The molecule has 2 rings (SSSR count). The number of hydrogen-bond donors (Lipinski definition) is 1. The van der Waals surface area contributed by atoms with Crippen LogP contribution in [0.1, 0.15) is 22.8 Å². The van der Waals surface area contributed by atoms with E-state index in [0.29, 0.717) is 29.2 Å². The zero-order chi connectivity index (χ0) is 14.5. The number of nitrogens with two attached hydrogens (primary N) is 1. The van der Waals surface area contributed by atoms with Gasteiger partial charge >= 0.3 is 0 Å². The summed E-state index contributed by atoms with van der Waals surface area (Å²) in [6.45, 7) is 2.52. The van der Waals surface area contributed by atoms with Crippen molar-refractivity contribution in [1.82, 2.24) is 0 Å². The molecule has 0 amide bonds. The summed E-state index contributed by atoms with van der Waals surface area (Å²) in [4.78, 5) is 12.4. The van der Waals surface area contributed by atoms with E-state index in [4.69, 9.17) is 15.2 Å². The van der Waals surface area contributed by atoms with Crippen LogP contribution in [0.25, 0.3) is 0 Å². The quantitative estimate of drug-likeness (QED) is 0.671. The lowest BCUT2D eigenvalue weighted by atomic mass is 10.0. The summed E-state index contributed by atoms with van der Waals surface area (Å²) in [6, 6.07) is 12.1. The van der Waals surface area contributed by atoms with Crippen molar-refractivity contribution < 1.29 is 14.3 Å². The van der Waals surface area contributed by atoms with Crippen molar-refractivity contribution in [3.63, 3.8) is 0 Å². The fourth-order valence-corrected chi connectivity index (χ4v) is 1.89. The molecule has 104 valence electrons. The lowest BCUT2D eigenvalue weighted by Gasteiger charge is -2.08. The van der Waals surface area contributed by atoms with Crippen LogP contribution < -0.4 is 15.2 Å². The summed E-state index contributed by atoms with van der Waals surface area (Å²) in [7, 11) is 1.52. The van der Waals surface area contributed by atoms with E-state index in [1.807, 2.05) is 6.92 Å². The van der Waals surface area contributed by atoms with Gasteiger partial charge in [-0.15, -0.1) is 0 Å². The molecule has 0 aliphatic heterocycles. The standard InChI is InChI=1S/C16H17NO3/c1-3-20-13-7-4-11(5-8-13)16(18)12-6-9-14(17)15(10-12)19-2/h4-10H,3,17H2,1-2H3. The van der Waals surface area contributed by atoms with Gasteiger partial charge in [-0.3, -0.25) is 4.79 Å². The zero-order valence-electron chi connectivity index (χ0n) is 11.6. The Labute approximate surface area is 118 Å². The Morgan fingerprint density at radius 1 is 1.10 bits per heavy atom. The van der Waals surface area contributed by atoms with Gasteiger partial charge in [-0.25, -0.2) is 0 Å². The summed E-state index contributed by atoms with van der Waals surface area (Å²) >= 11 is 0. The van der Waals surface area contributed by atoms with Crippen LogP contribution in [0, 0.1) is 0 Å². The third-order valence-corrected chi connectivity index (χ3v) is 2.92. The highest BCUT2D eigenvalue weighted by Crippen LogP contribution is 2.24. The molecule has 0 saturated carbocycles. The van der Waals surface area contributed by atoms with E-state index in [0.717, 1.165) is 5.75 Å². The molecule has 0 saturated heterocycles. The van der Waals surface area contributed by atoms with Crippen LogP contribution in [0.4, 0.5) is 5.69 Å². The van der Waals surface area contributed by atoms with E-state index in [1.54, 1.807) is 42.5 Å². The number of hydrogen-bond acceptors (Lipinski definition) is 4. The van der Waals surface area contributed by atoms with Gasteiger partial charge in [-0.2, -0.15) is 0 Å². The third kappa shape index (κ3) is 2.91. The van der Waals surface area contributed by atoms with Crippen molar-refractivity contribution in [3.05, 3.63) is 53.6 Å². The van der Waals surface area contributed by atoms with Gasteiger partial charge in [0.1, 0.15) is 11.5 Å². The predicted octanol–water partition coefficient (Wildman–Crippen LogP) is 2.91. The molecule has 20 heavy (non-hydrogen) atoms. The number of nitrogen functional groups attached to an aromatic ring is 1. The molecule has 0 aromatic heterocycles. The monoisotopic (exact) mass is 271 g/mol. The molecule has 0 aliphatic carbocycles. The summed E-state index contributed by atoms with van der Waals surface area (Å²) in [5.74, 6) is 1.17. The Morgan fingerprint density at radius 2 is 1.75 bits per heavy atom. The molecular formula is C16H17NO3. The van der Waals surface area contributed by atoms with Crippen LogP contribution in [0.5, 0.6) is 11.5 Å². The van der Waals surface area contributed by atoms with Gasteiger partial charge in [0.2, 0.25) is 0 Å². The number of anilines is 1. The second kappa shape index (κ2) is 6.10. The summed E-state index contributed by atoms with van der Waals surface area (Å²) < 4.78 is 10.5. The fraction of sp³-hybridized carbons (Fsp3) is 0.188. The van der Waals surface area contributed by atoms with Gasteiger partial charge in [0.05, 0.1) is 19.4 Å². The smallest absolute Gasteiger partial charge is 0.193 e. The van der Waals surface area contributed by atoms with Gasteiger partial charge in [0.15, 0.2) is 5.78 Å². The van der Waals surface area contributed by atoms with Crippen LogP contribution >= 0.6 is 0 Å². The largest absolute Gasteiger partial charge is 0.495 e. The van der Waals surface area contributed by atoms with Crippen LogP contribution in [0.3, 0.4) is 0 Å². The molecule has 0 heterocycles. The molecule has 2 aromatic carbocycles. The molecule has 0 fully saturated rings. The highest BCUT2D eigenvalue weighted by molar-refractivity contribution is 6.09. The number of rotatable bonds is 5. The van der Waals surface area contributed by atoms with Gasteiger partial charge in [-0.1, -0.05) is 0 Å². The Hall–Kier alpha value is -2.49. The molecule has 4 nitrogen and oxygen atoms in total. The Balaban J connectivity index is 2.26. The zero-order valence-corrected chi connectivity index (χ0v) is 11.6. The normalized spacial score (nSPS) is 10.1. The summed E-state index contributed by atoms with van der Waals surface area (Å²) in [5.41, 5.74) is 7.39. The van der Waals surface area contributed by atoms with Crippen LogP contribution in [0.2, 0.25) is 0 Å². The van der Waals surface area contributed by atoms with Crippen molar-refractivity contribution in [2.75, 3.05) is 19.5 Å². The molecule has 0 spiro atoms. The number of ether oxygens (including phenoxy) is 2. The van der Waals surface area contributed by atoms with Gasteiger partial charge in [0, 0.05) is 11.1 Å². The molecular weight excluding hydrogens is 254 g/mol. The molecule has 0 unspecified atom stereocenters. The van der Waals surface area contributed by atoms with Gasteiger partial charge in [-0.05, 0) is 49.4 Å². The van der Waals surface area contributed by atoms with E-state index >= 15 is 0 Å². The van der Waals surface area contributed by atoms with E-state index in [1.165, 1.54) is 7.11 Å². The minimum absolute atomic E-state index is 0.0775. The molecule has 0 aliphatic rings. The SMILES string of the molecule is CCOc1ccc(C(=O)c2ccc(N)c(OC)c2)cc1. The first-order chi connectivity index (χ1) is 9.65. The minimum Gasteiger partial charge on any atom is -0.495 e. The molecule has 0 atom stereocenters. The number of carbonyl (C=O) groups excluding carboxylic acids is 1. The van der Waals surface area contributed by atoms with Crippen LogP contribution in [0.15, 0.2) is 42.5 Å². The fourth-order valence-electron chi connectivity index (χ4n) is 1.89. The van der Waals surface area contributed by atoms with E-state index in [-0.39, 0.29) is 5.78 Å². The van der Waals surface area contributed by atoms with Crippen molar-refractivity contribution >= 4 is 11.5 Å². The second-order valence-corrected chi connectivity index (χ2v) is 4.24. The van der Waals surface area contributed by atoms with Crippen LogP contribution in [-0.4, -0.2) is 19.5 Å². The van der Waals surface area contributed by atoms with Crippen molar-refractivity contribution in [3.8, 4) is 11.5 Å². The number of ketones is 1. The Kier molecular flexibility index (Phi) is 4.25. The van der Waals surface area contributed by atoms with E-state index in [2.05, 4.69) is 0 Å². The number of carbonyl (C=O) groups is 1. The average Bonchev–Trinajstić information content (AvgIpc) is 2.48. The first-order valence-electron chi connectivity index (χ1n) is 6.36. The highest BCUT2D eigenvalue weighted by Gasteiger charge is 2.11. The summed E-state index contributed by atoms with van der Waals surface area (Å²) in [5, 5.41) is 0. The maximum absolute atomic E-state index is 12.4. The van der Waals surface area contributed by atoms with Crippen molar-refractivity contribution in [2.45, 2.75) is 6.92 Å². The lowest BCUT2D eigenvalue weighted by molar-refractivity contribution is 0.103. The molecule has 2 N–H and O–H groups in total. The first kappa shape index (κ1) is 13.9. The highest BCUT2D eigenvalue weighted by atomic mass is 16.5. The maximum Gasteiger partial charge on any atom is 0.193 e. The van der Waals surface area contributed by atoms with Crippen molar-refractivity contribution in [1.29, 1.82) is 0 Å². The second-order valence-electron chi connectivity index (χ2n) is 4.24. The molecule has 0 bridgehead atoms. The molecule has 4 heteroatoms. The summed E-state index contributed by atoms with van der Waals surface area (Å²) in [6.07, 6.45) is 0.